The highest BCUT2D eigenvalue weighted by Gasteiger charge is 2.89. The van der Waals surface area contributed by atoms with Crippen molar-refractivity contribution in [2.24, 2.45) is 28.1 Å². The van der Waals surface area contributed by atoms with E-state index in [1.165, 1.54) is 19.6 Å². The van der Waals surface area contributed by atoms with E-state index in [4.69, 9.17) is 18.6 Å². The number of carbonyl (C=O) groups is 3. The lowest BCUT2D eigenvalue weighted by Gasteiger charge is -2.71. The molecular weight excluding hydrogens is 468 g/mol. The van der Waals surface area contributed by atoms with Crippen molar-refractivity contribution in [1.82, 2.24) is 0 Å². The molecule has 3 aliphatic carbocycles. The van der Waals surface area contributed by atoms with Crippen LogP contribution in [0.25, 0.3) is 0 Å². The zero-order valence-corrected chi connectivity index (χ0v) is 21.3. The molecule has 3 bridgehead atoms. The van der Waals surface area contributed by atoms with Crippen LogP contribution in [-0.2, 0) is 28.6 Å². The first kappa shape index (κ1) is 24.1. The Bertz CT molecular complexity index is 1160. The van der Waals surface area contributed by atoms with Crippen LogP contribution in [0, 0.1) is 28.1 Å². The van der Waals surface area contributed by atoms with Crippen LogP contribution in [0.5, 0.6) is 0 Å². The van der Waals surface area contributed by atoms with Gasteiger partial charge in [0.05, 0.1) is 37.6 Å². The third-order valence-electron chi connectivity index (χ3n) is 11.2. The van der Waals surface area contributed by atoms with E-state index in [-0.39, 0.29) is 37.9 Å². The summed E-state index contributed by atoms with van der Waals surface area (Å²) in [6.45, 7) is 7.49. The van der Waals surface area contributed by atoms with E-state index < -0.39 is 69.0 Å². The maximum absolute atomic E-state index is 14.1. The fourth-order valence-electron chi connectivity index (χ4n) is 9.30. The molecule has 0 aromatic carbocycles. The van der Waals surface area contributed by atoms with Crippen molar-refractivity contribution in [2.45, 2.75) is 88.8 Å². The molecule has 5 aliphatic rings. The molecule has 0 amide bonds. The number of aliphatic hydroxyl groups is 2. The third kappa shape index (κ3) is 2.28. The van der Waals surface area contributed by atoms with Crippen LogP contribution in [0.1, 0.15) is 71.5 Å². The highest BCUT2D eigenvalue weighted by atomic mass is 16.6. The number of ether oxygens (including phenoxy) is 3. The Labute approximate surface area is 209 Å². The Hall–Kier alpha value is -2.23. The number of cyclic esters (lactones) is 1. The molecule has 5 fully saturated rings. The molecule has 3 saturated carbocycles. The van der Waals surface area contributed by atoms with Crippen LogP contribution in [0.2, 0.25) is 0 Å². The number of fused-ring (bicyclic) bond motifs is 3. The first-order valence-corrected chi connectivity index (χ1v) is 12.7. The summed E-state index contributed by atoms with van der Waals surface area (Å²) >= 11 is 0. The molecule has 3 heterocycles. The molecule has 6 rings (SSSR count). The number of esters is 2. The van der Waals surface area contributed by atoms with Gasteiger partial charge in [0.15, 0.2) is 0 Å². The van der Waals surface area contributed by atoms with Gasteiger partial charge in [-0.3, -0.25) is 14.4 Å². The molecule has 1 aromatic rings. The fraction of sp³-hybridized carbons (Fsp3) is 0.741. The molecule has 9 nitrogen and oxygen atoms in total. The summed E-state index contributed by atoms with van der Waals surface area (Å²) in [6, 6.07) is 1.70. The van der Waals surface area contributed by atoms with Gasteiger partial charge in [-0.15, -0.1) is 0 Å². The van der Waals surface area contributed by atoms with Crippen molar-refractivity contribution in [3.05, 3.63) is 24.2 Å². The first-order chi connectivity index (χ1) is 16.7. The number of carbonyl (C=O) groups excluding carboxylic acids is 3. The summed E-state index contributed by atoms with van der Waals surface area (Å²) in [5.74, 6) is -2.39. The van der Waals surface area contributed by atoms with Crippen LogP contribution in [0.4, 0.5) is 0 Å². The predicted octanol–water partition coefficient (Wildman–Crippen LogP) is 2.48. The molecule has 1 spiro atoms. The topological polar surface area (TPSA) is 132 Å². The third-order valence-corrected chi connectivity index (χ3v) is 11.2. The molecule has 1 aromatic heterocycles. The lowest BCUT2D eigenvalue weighted by atomic mass is 9.35. The molecule has 0 radical (unpaired) electrons. The minimum atomic E-state index is -1.84. The normalized spacial score (nSPS) is 50.3. The number of rotatable bonds is 3. The monoisotopic (exact) mass is 502 g/mol. The average Bonchev–Trinajstić information content (AvgIpc) is 3.48. The van der Waals surface area contributed by atoms with Crippen LogP contribution in [-0.4, -0.2) is 58.0 Å². The van der Waals surface area contributed by atoms with E-state index in [1.807, 2.05) is 20.8 Å². The van der Waals surface area contributed by atoms with Crippen LogP contribution in [0.15, 0.2) is 23.0 Å². The lowest BCUT2D eigenvalue weighted by molar-refractivity contribution is -0.358. The molecule has 0 unspecified atom stereocenters. The fourth-order valence-corrected chi connectivity index (χ4v) is 9.30. The van der Waals surface area contributed by atoms with Gasteiger partial charge in [-0.25, -0.2) is 0 Å². The minimum absolute atomic E-state index is 0.0634. The van der Waals surface area contributed by atoms with Gasteiger partial charge >= 0.3 is 11.9 Å². The second-order valence-corrected chi connectivity index (χ2v) is 12.6. The Morgan fingerprint density at radius 3 is 2.50 bits per heavy atom. The quantitative estimate of drug-likeness (QED) is 0.598. The Morgan fingerprint density at radius 1 is 1.14 bits per heavy atom. The van der Waals surface area contributed by atoms with E-state index in [1.54, 1.807) is 13.0 Å². The van der Waals surface area contributed by atoms with Crippen molar-refractivity contribution >= 4 is 17.7 Å². The highest BCUT2D eigenvalue weighted by molar-refractivity contribution is 5.93. The zero-order chi connectivity index (χ0) is 26.1. The lowest BCUT2D eigenvalue weighted by Crippen LogP contribution is -2.84. The van der Waals surface area contributed by atoms with Crippen LogP contribution in [0.3, 0.4) is 0 Å². The molecule has 9 heteroatoms. The van der Waals surface area contributed by atoms with E-state index in [9.17, 15) is 24.6 Å². The number of Topliss-reactive ketones (excluding diaryl/α,β-unsaturated/α-hetero) is 1. The summed E-state index contributed by atoms with van der Waals surface area (Å²) in [4.78, 5) is 39.7. The maximum atomic E-state index is 14.1. The van der Waals surface area contributed by atoms with Crippen molar-refractivity contribution in [3.63, 3.8) is 0 Å². The summed E-state index contributed by atoms with van der Waals surface area (Å²) in [5, 5.41) is 25.5. The van der Waals surface area contributed by atoms with Gasteiger partial charge in [-0.05, 0) is 43.6 Å². The van der Waals surface area contributed by atoms with Gasteiger partial charge < -0.3 is 28.8 Å². The smallest absolute Gasteiger partial charge is 0.309 e. The van der Waals surface area contributed by atoms with Gasteiger partial charge in [0.2, 0.25) is 0 Å². The number of furan rings is 1. The van der Waals surface area contributed by atoms with Crippen molar-refractivity contribution < 1.29 is 43.2 Å². The number of methoxy groups -OCH3 is 1. The highest BCUT2D eigenvalue weighted by Crippen LogP contribution is 2.78. The second kappa shape index (κ2) is 6.79. The number of ketones is 1. The Morgan fingerprint density at radius 2 is 1.86 bits per heavy atom. The standard InChI is InChI=1S/C27H34O9/c1-22(2)16(10-17(28)33-5)24(4)19(30)15-11-27(36-21(15)22)25(24,31)8-7-23(3)20(14-6-9-34-13-14)35-18(29)12-26(23,27)32/h6,9,13,15-16,20-21,31-32H,7-8,10-12H2,1-5H3/t15-,16+,20+,21-,23+,24-,25+,26+,27+/m1/s1. The minimum Gasteiger partial charge on any atom is -0.472 e. The second-order valence-electron chi connectivity index (χ2n) is 12.6. The van der Waals surface area contributed by atoms with E-state index in [2.05, 4.69) is 0 Å². The Kier molecular flexibility index (Phi) is 4.55. The first-order valence-electron chi connectivity index (χ1n) is 12.7. The van der Waals surface area contributed by atoms with Crippen LogP contribution >= 0.6 is 0 Å². The number of hydrogen-bond acceptors (Lipinski definition) is 9. The molecule has 9 atom stereocenters. The molecular formula is C27H34O9. The summed E-state index contributed by atoms with van der Waals surface area (Å²) < 4.78 is 22.9. The van der Waals surface area contributed by atoms with Gasteiger partial charge in [0.25, 0.3) is 0 Å². The van der Waals surface area contributed by atoms with Gasteiger partial charge in [-0.2, -0.15) is 0 Å². The van der Waals surface area contributed by atoms with E-state index in [0.717, 1.165) is 0 Å². The summed E-state index contributed by atoms with van der Waals surface area (Å²) in [7, 11) is 1.30. The van der Waals surface area contributed by atoms with Crippen molar-refractivity contribution in [1.29, 1.82) is 0 Å². The largest absolute Gasteiger partial charge is 0.472 e. The van der Waals surface area contributed by atoms with E-state index in [0.29, 0.717) is 5.56 Å². The van der Waals surface area contributed by atoms with Gasteiger partial charge in [0.1, 0.15) is 28.7 Å². The maximum Gasteiger partial charge on any atom is 0.309 e. The van der Waals surface area contributed by atoms with Gasteiger partial charge in [0, 0.05) is 23.3 Å². The van der Waals surface area contributed by atoms with Crippen molar-refractivity contribution in [3.8, 4) is 0 Å². The Balaban J connectivity index is 1.58. The summed E-state index contributed by atoms with van der Waals surface area (Å²) in [6.07, 6.45) is 1.60. The molecule has 36 heavy (non-hydrogen) atoms. The predicted molar refractivity (Wildman–Crippen MR) is 122 cm³/mol. The number of hydrogen-bond donors (Lipinski definition) is 2. The molecule has 196 valence electrons. The van der Waals surface area contributed by atoms with Crippen molar-refractivity contribution in [2.75, 3.05) is 7.11 Å². The molecule has 2 aliphatic heterocycles. The van der Waals surface area contributed by atoms with E-state index >= 15 is 0 Å². The SMILES string of the molecule is COC(=O)C[C@H]1C(C)(C)[C@@H]2O[C@@]34C[C@@H]2C(=O)[C@]1(C)[C@@]3(O)CC[C@@]1(C)[C@H](c2ccoc2)OC(=O)C[C@@]41O. The summed E-state index contributed by atoms with van der Waals surface area (Å²) in [5.41, 5.74) is -7.76. The van der Waals surface area contributed by atoms with Crippen LogP contribution < -0.4 is 0 Å². The molecule has 2 saturated heterocycles. The zero-order valence-electron chi connectivity index (χ0n) is 21.3. The molecule has 2 N–H and O–H groups in total. The average molecular weight is 503 g/mol. The van der Waals surface area contributed by atoms with Gasteiger partial charge in [-0.1, -0.05) is 20.8 Å².